The van der Waals surface area contributed by atoms with Crippen LogP contribution in [0.2, 0.25) is 0 Å². The average Bonchev–Trinajstić information content (AvgIpc) is 2.33. The second-order valence-corrected chi connectivity index (χ2v) is 7.14. The van der Waals surface area contributed by atoms with E-state index >= 15 is 0 Å². The van der Waals surface area contributed by atoms with Gasteiger partial charge in [0.25, 0.3) is 0 Å². The summed E-state index contributed by atoms with van der Waals surface area (Å²) in [5.74, 6) is -1.66. The molecule has 1 fully saturated rings. The van der Waals surface area contributed by atoms with Gasteiger partial charge in [-0.25, -0.2) is 17.2 Å². The van der Waals surface area contributed by atoms with Gasteiger partial charge < -0.3 is 5.73 Å². The molecule has 7 heteroatoms. The van der Waals surface area contributed by atoms with Gasteiger partial charge in [0.2, 0.25) is 10.0 Å². The minimum Gasteiger partial charge on any atom is -0.328 e. The van der Waals surface area contributed by atoms with Crippen LogP contribution in [0.25, 0.3) is 0 Å². The highest BCUT2D eigenvalue weighted by Gasteiger charge is 2.35. The monoisotopic (exact) mass is 304 g/mol. The second kappa shape index (κ2) is 5.38. The molecule has 0 saturated carbocycles. The van der Waals surface area contributed by atoms with Crippen molar-refractivity contribution in [2.45, 2.75) is 43.7 Å². The first kappa shape index (κ1) is 15.3. The van der Waals surface area contributed by atoms with E-state index in [0.29, 0.717) is 12.8 Å². The molecule has 2 atom stereocenters. The zero-order valence-electron chi connectivity index (χ0n) is 11.4. The lowest BCUT2D eigenvalue weighted by Crippen LogP contribution is -2.48. The Kier molecular flexibility index (Phi) is 4.13. The predicted octanol–water partition coefficient (Wildman–Crippen LogP) is 1.77. The van der Waals surface area contributed by atoms with Crippen LogP contribution in [0, 0.1) is 18.6 Å². The third-order valence-corrected chi connectivity index (χ3v) is 5.68. The molecule has 1 aromatic rings. The highest BCUT2D eigenvalue weighted by molar-refractivity contribution is 7.89. The quantitative estimate of drug-likeness (QED) is 0.906. The lowest BCUT2D eigenvalue weighted by molar-refractivity contribution is 0.246. The predicted molar refractivity (Wildman–Crippen MR) is 71.7 cm³/mol. The number of piperidine rings is 1. The SMILES string of the molecule is Cc1cc(F)c(S(=O)(=O)N2CC[C@@H](N)C[C@H]2C)cc1F. The van der Waals surface area contributed by atoms with Crippen LogP contribution in [0.1, 0.15) is 25.3 Å². The summed E-state index contributed by atoms with van der Waals surface area (Å²) in [6.45, 7) is 3.33. The summed E-state index contributed by atoms with van der Waals surface area (Å²) in [6, 6.07) is 1.27. The summed E-state index contributed by atoms with van der Waals surface area (Å²) < 4.78 is 53.6. The molecule has 0 bridgehead atoms. The van der Waals surface area contributed by atoms with Gasteiger partial charge in [0.05, 0.1) is 0 Å². The molecular formula is C13H18F2N2O2S. The molecule has 2 rings (SSSR count). The highest BCUT2D eigenvalue weighted by Crippen LogP contribution is 2.27. The Balaban J connectivity index is 2.43. The number of nitrogens with two attached hydrogens (primary N) is 1. The largest absolute Gasteiger partial charge is 0.328 e. The van der Waals surface area contributed by atoms with Crippen LogP contribution in [0.15, 0.2) is 17.0 Å². The fraction of sp³-hybridized carbons (Fsp3) is 0.538. The number of aryl methyl sites for hydroxylation is 1. The van der Waals surface area contributed by atoms with Crippen molar-refractivity contribution in [1.82, 2.24) is 4.31 Å². The minimum absolute atomic E-state index is 0.0592. The Labute approximate surface area is 117 Å². The first-order valence-corrected chi connectivity index (χ1v) is 7.90. The van der Waals surface area contributed by atoms with Gasteiger partial charge in [0.1, 0.15) is 16.5 Å². The minimum atomic E-state index is -4.04. The molecule has 1 aromatic carbocycles. The van der Waals surface area contributed by atoms with E-state index in [-0.39, 0.29) is 24.2 Å². The van der Waals surface area contributed by atoms with Crippen LogP contribution in [-0.4, -0.2) is 31.4 Å². The standard InChI is InChI=1S/C13H18F2N2O2S/c1-8-5-12(15)13(7-11(8)14)20(18,19)17-4-3-10(16)6-9(17)2/h5,7,9-10H,3-4,6,16H2,1-2H3/t9-,10-/m1/s1. The average molecular weight is 304 g/mol. The van der Waals surface area contributed by atoms with Gasteiger partial charge in [0.15, 0.2) is 0 Å². The van der Waals surface area contributed by atoms with Gasteiger partial charge in [-0.3, -0.25) is 0 Å². The van der Waals surface area contributed by atoms with E-state index in [9.17, 15) is 17.2 Å². The third-order valence-electron chi connectivity index (χ3n) is 3.66. The molecule has 0 amide bonds. The van der Waals surface area contributed by atoms with E-state index in [0.717, 1.165) is 12.1 Å². The molecule has 0 aliphatic carbocycles. The Morgan fingerprint density at radius 1 is 1.30 bits per heavy atom. The van der Waals surface area contributed by atoms with E-state index in [4.69, 9.17) is 5.73 Å². The van der Waals surface area contributed by atoms with Crippen molar-refractivity contribution in [2.75, 3.05) is 6.54 Å². The third kappa shape index (κ3) is 2.70. The van der Waals surface area contributed by atoms with Gasteiger partial charge in [-0.15, -0.1) is 0 Å². The molecule has 1 heterocycles. The molecule has 0 radical (unpaired) electrons. The van der Waals surface area contributed by atoms with E-state index in [1.54, 1.807) is 6.92 Å². The van der Waals surface area contributed by atoms with E-state index in [2.05, 4.69) is 0 Å². The van der Waals surface area contributed by atoms with Crippen molar-refractivity contribution in [3.8, 4) is 0 Å². The van der Waals surface area contributed by atoms with Crippen molar-refractivity contribution in [2.24, 2.45) is 5.73 Å². The van der Waals surface area contributed by atoms with Crippen molar-refractivity contribution < 1.29 is 17.2 Å². The number of rotatable bonds is 2. The van der Waals surface area contributed by atoms with E-state index in [1.807, 2.05) is 0 Å². The Bertz CT molecular complexity index is 619. The maximum absolute atomic E-state index is 13.9. The van der Waals surface area contributed by atoms with Crippen molar-refractivity contribution in [1.29, 1.82) is 0 Å². The molecule has 2 N–H and O–H groups in total. The summed E-state index contributed by atoms with van der Waals surface area (Å²) in [6.07, 6.45) is 1.02. The van der Waals surface area contributed by atoms with Crippen molar-refractivity contribution in [3.05, 3.63) is 29.3 Å². The van der Waals surface area contributed by atoms with Crippen LogP contribution in [0.4, 0.5) is 8.78 Å². The Morgan fingerprint density at radius 3 is 2.55 bits per heavy atom. The second-order valence-electron chi connectivity index (χ2n) is 5.28. The van der Waals surface area contributed by atoms with Crippen molar-refractivity contribution in [3.63, 3.8) is 0 Å². The van der Waals surface area contributed by atoms with E-state index < -0.39 is 26.6 Å². The number of hydrogen-bond acceptors (Lipinski definition) is 3. The molecule has 1 aliphatic heterocycles. The molecule has 0 aromatic heterocycles. The Hall–Kier alpha value is -1.05. The molecule has 4 nitrogen and oxygen atoms in total. The first-order chi connectivity index (χ1) is 9.23. The number of sulfonamides is 1. The lowest BCUT2D eigenvalue weighted by atomic mass is 10.0. The molecule has 112 valence electrons. The summed E-state index contributed by atoms with van der Waals surface area (Å²) >= 11 is 0. The smallest absolute Gasteiger partial charge is 0.246 e. The molecular weight excluding hydrogens is 286 g/mol. The van der Waals surface area contributed by atoms with Crippen molar-refractivity contribution >= 4 is 10.0 Å². The van der Waals surface area contributed by atoms with Gasteiger partial charge in [-0.1, -0.05) is 0 Å². The van der Waals surface area contributed by atoms with Crippen LogP contribution in [-0.2, 0) is 10.0 Å². The molecule has 1 saturated heterocycles. The van der Waals surface area contributed by atoms with Gasteiger partial charge in [-0.05, 0) is 44.4 Å². The summed E-state index contributed by atoms with van der Waals surface area (Å²) in [5, 5.41) is 0. The number of hydrogen-bond donors (Lipinski definition) is 1. The van der Waals surface area contributed by atoms with Crippen LogP contribution in [0.3, 0.4) is 0 Å². The number of halogens is 2. The van der Waals surface area contributed by atoms with Gasteiger partial charge >= 0.3 is 0 Å². The van der Waals surface area contributed by atoms with Crippen LogP contribution < -0.4 is 5.73 Å². The molecule has 0 unspecified atom stereocenters. The summed E-state index contributed by atoms with van der Waals surface area (Å²) in [5.41, 5.74) is 5.87. The van der Waals surface area contributed by atoms with Crippen LogP contribution in [0.5, 0.6) is 0 Å². The summed E-state index contributed by atoms with van der Waals surface area (Å²) in [4.78, 5) is -0.608. The maximum atomic E-state index is 13.9. The normalized spacial score (nSPS) is 24.9. The van der Waals surface area contributed by atoms with Crippen LogP contribution >= 0.6 is 0 Å². The van der Waals surface area contributed by atoms with Gasteiger partial charge in [-0.2, -0.15) is 4.31 Å². The number of benzene rings is 1. The number of nitrogens with zero attached hydrogens (tertiary/aromatic N) is 1. The molecule has 0 spiro atoms. The summed E-state index contributed by atoms with van der Waals surface area (Å²) in [7, 11) is -4.04. The van der Waals surface area contributed by atoms with E-state index in [1.165, 1.54) is 11.2 Å². The molecule has 1 aliphatic rings. The fourth-order valence-corrected chi connectivity index (χ4v) is 4.21. The topological polar surface area (TPSA) is 63.4 Å². The zero-order valence-corrected chi connectivity index (χ0v) is 12.3. The molecule has 20 heavy (non-hydrogen) atoms. The van der Waals surface area contributed by atoms with Gasteiger partial charge in [0, 0.05) is 18.6 Å². The fourth-order valence-electron chi connectivity index (χ4n) is 2.50. The lowest BCUT2D eigenvalue weighted by Gasteiger charge is -2.35. The maximum Gasteiger partial charge on any atom is 0.246 e. The highest BCUT2D eigenvalue weighted by atomic mass is 32.2. The zero-order chi connectivity index (χ0) is 15.1. The first-order valence-electron chi connectivity index (χ1n) is 6.46. The Morgan fingerprint density at radius 2 is 1.95 bits per heavy atom.